The first kappa shape index (κ1) is 15.9. The van der Waals surface area contributed by atoms with Gasteiger partial charge in [0.1, 0.15) is 11.6 Å². The highest BCUT2D eigenvalue weighted by molar-refractivity contribution is 9.10. The molecule has 0 aliphatic carbocycles. The minimum absolute atomic E-state index is 0.362. The van der Waals surface area contributed by atoms with Crippen LogP contribution in [-0.4, -0.2) is 16.9 Å². The summed E-state index contributed by atoms with van der Waals surface area (Å²) in [4.78, 5) is 0. The number of nitrogens with two attached hydrogens (primary N) is 1. The summed E-state index contributed by atoms with van der Waals surface area (Å²) in [6.07, 6.45) is 2.59. The molecule has 1 unspecified atom stereocenters. The van der Waals surface area contributed by atoms with Crippen molar-refractivity contribution in [2.75, 3.05) is 7.11 Å². The molecule has 5 nitrogen and oxygen atoms in total. The van der Waals surface area contributed by atoms with E-state index >= 15 is 0 Å². The van der Waals surface area contributed by atoms with E-state index in [0.29, 0.717) is 11.3 Å². The number of hydrogen-bond donors (Lipinski definition) is 2. The Morgan fingerprint density at radius 3 is 2.90 bits per heavy atom. The molecule has 7 heteroatoms. The molecule has 114 valence electrons. The first-order valence-electron chi connectivity index (χ1n) is 6.63. The Morgan fingerprint density at radius 1 is 1.52 bits per heavy atom. The Kier molecular flexibility index (Phi) is 5.33. The topological polar surface area (TPSA) is 65.1 Å². The maximum Gasteiger partial charge on any atom is 0.132 e. The molecule has 2 rings (SSSR count). The van der Waals surface area contributed by atoms with Crippen LogP contribution in [0.5, 0.6) is 5.75 Å². The molecule has 3 N–H and O–H groups in total. The molecule has 0 fully saturated rings. The summed E-state index contributed by atoms with van der Waals surface area (Å²) in [5.74, 6) is 5.75. The van der Waals surface area contributed by atoms with E-state index in [1.165, 1.54) is 13.2 Å². The van der Waals surface area contributed by atoms with E-state index in [-0.39, 0.29) is 5.82 Å². The van der Waals surface area contributed by atoms with Gasteiger partial charge in [0, 0.05) is 6.54 Å². The fourth-order valence-electron chi connectivity index (χ4n) is 2.32. The summed E-state index contributed by atoms with van der Waals surface area (Å²) in [5.41, 5.74) is 3.79. The van der Waals surface area contributed by atoms with Gasteiger partial charge in [-0.2, -0.15) is 5.10 Å². The Balaban J connectivity index is 2.58. The second-order valence-corrected chi connectivity index (χ2v) is 5.41. The highest BCUT2D eigenvalue weighted by Crippen LogP contribution is 2.35. The van der Waals surface area contributed by atoms with Crippen LogP contribution in [0, 0.1) is 5.82 Å². The second-order valence-electron chi connectivity index (χ2n) is 4.56. The Labute approximate surface area is 131 Å². The van der Waals surface area contributed by atoms with E-state index < -0.39 is 6.04 Å². The lowest BCUT2D eigenvalue weighted by Gasteiger charge is -2.21. The molecule has 0 saturated carbocycles. The molecule has 1 aromatic carbocycles. The molecular weight excluding hydrogens is 339 g/mol. The number of aromatic nitrogens is 2. The van der Waals surface area contributed by atoms with E-state index in [2.05, 4.69) is 26.5 Å². The zero-order chi connectivity index (χ0) is 15.4. The average Bonchev–Trinajstić information content (AvgIpc) is 2.83. The van der Waals surface area contributed by atoms with Crippen LogP contribution in [0.25, 0.3) is 0 Å². The van der Waals surface area contributed by atoms with Crippen molar-refractivity contribution in [2.45, 2.75) is 25.9 Å². The summed E-state index contributed by atoms with van der Waals surface area (Å²) < 4.78 is 22.1. The smallest absolute Gasteiger partial charge is 0.132 e. The van der Waals surface area contributed by atoms with Crippen LogP contribution in [-0.2, 0) is 6.54 Å². The van der Waals surface area contributed by atoms with Crippen LogP contribution < -0.4 is 16.0 Å². The number of benzene rings is 1. The number of methoxy groups -OCH3 is 1. The minimum atomic E-state index is -0.565. The van der Waals surface area contributed by atoms with Crippen LogP contribution in [0.2, 0.25) is 0 Å². The number of hydrazine groups is 1. The average molecular weight is 357 g/mol. The maximum absolute atomic E-state index is 14.3. The fourth-order valence-corrected chi connectivity index (χ4v) is 2.85. The molecule has 0 bridgehead atoms. The molecule has 0 amide bonds. The van der Waals surface area contributed by atoms with Crippen molar-refractivity contribution < 1.29 is 9.13 Å². The van der Waals surface area contributed by atoms with Crippen molar-refractivity contribution in [3.05, 3.63) is 45.9 Å². The van der Waals surface area contributed by atoms with Gasteiger partial charge in [-0.25, -0.2) is 9.82 Å². The number of nitrogens with zero attached hydrogens (tertiary/aromatic N) is 2. The van der Waals surface area contributed by atoms with Gasteiger partial charge in [-0.3, -0.25) is 10.5 Å². The zero-order valence-electron chi connectivity index (χ0n) is 11.9. The van der Waals surface area contributed by atoms with Crippen molar-refractivity contribution in [3.8, 4) is 5.75 Å². The molecule has 1 aromatic heterocycles. The lowest BCUT2D eigenvalue weighted by Crippen LogP contribution is -2.32. The molecule has 1 heterocycles. The highest BCUT2D eigenvalue weighted by atomic mass is 79.9. The SMILES string of the molecule is CCCn1ncc(Br)c1C(NN)c1c(F)cccc1OC. The summed E-state index contributed by atoms with van der Waals surface area (Å²) in [6, 6.07) is 4.13. The van der Waals surface area contributed by atoms with Crippen molar-refractivity contribution in [2.24, 2.45) is 5.84 Å². The van der Waals surface area contributed by atoms with E-state index in [1.54, 1.807) is 23.0 Å². The second kappa shape index (κ2) is 7.02. The Bertz CT molecular complexity index is 617. The van der Waals surface area contributed by atoms with Crippen molar-refractivity contribution >= 4 is 15.9 Å². The number of rotatable bonds is 6. The fraction of sp³-hybridized carbons (Fsp3) is 0.357. The first-order chi connectivity index (χ1) is 10.1. The van der Waals surface area contributed by atoms with Crippen LogP contribution in [0.4, 0.5) is 4.39 Å². The van der Waals surface area contributed by atoms with Gasteiger partial charge in [0.05, 0.1) is 35.1 Å². The molecule has 21 heavy (non-hydrogen) atoms. The van der Waals surface area contributed by atoms with Crippen LogP contribution in [0.3, 0.4) is 0 Å². The summed E-state index contributed by atoms with van der Waals surface area (Å²) in [7, 11) is 1.50. The van der Waals surface area contributed by atoms with Gasteiger partial charge in [-0.05, 0) is 34.5 Å². The molecule has 0 aliphatic rings. The van der Waals surface area contributed by atoms with E-state index in [4.69, 9.17) is 10.6 Å². The summed E-state index contributed by atoms with van der Waals surface area (Å²) in [6.45, 7) is 2.77. The lowest BCUT2D eigenvalue weighted by molar-refractivity contribution is 0.393. The molecule has 1 atom stereocenters. The van der Waals surface area contributed by atoms with Gasteiger partial charge >= 0.3 is 0 Å². The number of aryl methyl sites for hydroxylation is 1. The number of ether oxygens (including phenoxy) is 1. The minimum Gasteiger partial charge on any atom is -0.496 e. The van der Waals surface area contributed by atoms with Gasteiger partial charge in [-0.1, -0.05) is 13.0 Å². The van der Waals surface area contributed by atoms with Gasteiger partial charge in [-0.15, -0.1) is 0 Å². The lowest BCUT2D eigenvalue weighted by atomic mass is 10.0. The van der Waals surface area contributed by atoms with Gasteiger partial charge in [0.25, 0.3) is 0 Å². The summed E-state index contributed by atoms with van der Waals surface area (Å²) in [5, 5.41) is 4.30. The standard InChI is InChI=1S/C14H18BrFN4O/c1-3-7-20-14(9(15)8-18-20)13(19-17)12-10(16)5-4-6-11(12)21-2/h4-6,8,13,19H,3,7,17H2,1-2H3. The monoisotopic (exact) mass is 356 g/mol. The van der Waals surface area contributed by atoms with E-state index in [1.807, 2.05) is 6.92 Å². The van der Waals surface area contributed by atoms with E-state index in [0.717, 1.165) is 23.1 Å². The summed E-state index contributed by atoms with van der Waals surface area (Å²) >= 11 is 3.45. The molecule has 0 saturated heterocycles. The molecule has 0 spiro atoms. The Hall–Kier alpha value is -1.44. The van der Waals surface area contributed by atoms with Crippen molar-refractivity contribution in [1.29, 1.82) is 0 Å². The Morgan fingerprint density at radius 2 is 2.29 bits per heavy atom. The van der Waals surface area contributed by atoms with Gasteiger partial charge in [0.15, 0.2) is 0 Å². The predicted octanol–water partition coefficient (Wildman–Crippen LogP) is 2.76. The van der Waals surface area contributed by atoms with Crippen LogP contribution >= 0.6 is 15.9 Å². The quantitative estimate of drug-likeness (QED) is 0.616. The molecule has 0 radical (unpaired) electrons. The first-order valence-corrected chi connectivity index (χ1v) is 7.43. The van der Waals surface area contributed by atoms with Crippen molar-refractivity contribution in [1.82, 2.24) is 15.2 Å². The third-order valence-corrected chi connectivity index (χ3v) is 3.84. The maximum atomic E-state index is 14.3. The predicted molar refractivity (Wildman–Crippen MR) is 82.3 cm³/mol. The van der Waals surface area contributed by atoms with Crippen LogP contribution in [0.1, 0.15) is 30.6 Å². The van der Waals surface area contributed by atoms with Crippen molar-refractivity contribution in [3.63, 3.8) is 0 Å². The zero-order valence-corrected chi connectivity index (χ0v) is 13.5. The molecular formula is C14H18BrFN4O. The van der Waals surface area contributed by atoms with E-state index in [9.17, 15) is 4.39 Å². The molecule has 2 aromatic rings. The largest absolute Gasteiger partial charge is 0.496 e. The normalized spacial score (nSPS) is 12.4. The van der Waals surface area contributed by atoms with Gasteiger partial charge in [0.2, 0.25) is 0 Å². The number of halogens is 2. The highest BCUT2D eigenvalue weighted by Gasteiger charge is 2.26. The van der Waals surface area contributed by atoms with Crippen LogP contribution in [0.15, 0.2) is 28.9 Å². The van der Waals surface area contributed by atoms with Gasteiger partial charge < -0.3 is 4.74 Å². The number of hydrogen-bond acceptors (Lipinski definition) is 4. The molecule has 0 aliphatic heterocycles. The third kappa shape index (κ3) is 3.09. The number of nitrogens with one attached hydrogen (secondary N) is 1. The third-order valence-electron chi connectivity index (χ3n) is 3.23.